The summed E-state index contributed by atoms with van der Waals surface area (Å²) in [7, 11) is 0. The molecule has 4 rings (SSSR count). The van der Waals surface area contributed by atoms with Gasteiger partial charge in [0.05, 0.1) is 5.41 Å². The molecule has 0 aromatic heterocycles. The van der Waals surface area contributed by atoms with Crippen LogP contribution >= 0.6 is 0 Å². The molecule has 2 aromatic carbocycles. The Morgan fingerprint density at radius 1 is 1.30 bits per heavy atom. The molecule has 1 spiro atoms. The highest BCUT2D eigenvalue weighted by Crippen LogP contribution is 2.42. The zero-order chi connectivity index (χ0) is 19.0. The minimum absolute atomic E-state index is 0.000790. The monoisotopic (exact) mass is 360 g/mol. The summed E-state index contributed by atoms with van der Waals surface area (Å²) in [4.78, 5) is 25.8. The van der Waals surface area contributed by atoms with E-state index in [1.807, 2.05) is 36.4 Å². The molecule has 0 saturated carbocycles. The van der Waals surface area contributed by atoms with Gasteiger partial charge in [-0.05, 0) is 42.2 Å². The molecule has 2 aliphatic rings. The number of rotatable bonds is 2. The summed E-state index contributed by atoms with van der Waals surface area (Å²) in [5, 5.41) is 15.1. The van der Waals surface area contributed by atoms with Crippen LogP contribution < -0.4 is 10.6 Å². The van der Waals surface area contributed by atoms with Crippen LogP contribution in [-0.2, 0) is 16.0 Å². The molecule has 2 aliphatic heterocycles. The van der Waals surface area contributed by atoms with Crippen molar-refractivity contribution in [2.24, 2.45) is 5.41 Å². The van der Waals surface area contributed by atoms with Crippen molar-refractivity contribution in [3.63, 3.8) is 0 Å². The second kappa shape index (κ2) is 6.44. The van der Waals surface area contributed by atoms with Gasteiger partial charge in [0.2, 0.25) is 11.8 Å². The van der Waals surface area contributed by atoms with Crippen molar-refractivity contribution < 1.29 is 9.59 Å². The normalized spacial score (nSPS) is 20.7. The van der Waals surface area contributed by atoms with Gasteiger partial charge in [0.25, 0.3) is 0 Å². The van der Waals surface area contributed by atoms with Gasteiger partial charge < -0.3 is 15.5 Å². The topological polar surface area (TPSA) is 85.2 Å². The number of nitrogens with zero attached hydrogens (tertiary/aromatic N) is 2. The number of nitrogens with one attached hydrogen (secondary N) is 2. The van der Waals surface area contributed by atoms with Gasteiger partial charge in [-0.2, -0.15) is 5.26 Å². The maximum atomic E-state index is 12.7. The molecule has 1 fully saturated rings. The van der Waals surface area contributed by atoms with Crippen LogP contribution in [0.3, 0.4) is 0 Å². The Morgan fingerprint density at radius 3 is 2.85 bits per heavy atom. The number of hydrogen-bond acceptors (Lipinski definition) is 4. The zero-order valence-electron chi connectivity index (χ0n) is 15.1. The van der Waals surface area contributed by atoms with Crippen LogP contribution in [0.1, 0.15) is 18.9 Å². The molecule has 2 N–H and O–H groups in total. The average Bonchev–Trinajstić information content (AvgIpc) is 3.07. The van der Waals surface area contributed by atoms with Gasteiger partial charge in [-0.1, -0.05) is 24.3 Å². The smallest absolute Gasteiger partial charge is 0.232 e. The van der Waals surface area contributed by atoms with Crippen LogP contribution in [0.2, 0.25) is 0 Å². The van der Waals surface area contributed by atoms with E-state index in [1.54, 1.807) is 4.90 Å². The fourth-order valence-electron chi connectivity index (χ4n) is 4.05. The van der Waals surface area contributed by atoms with Crippen molar-refractivity contribution in [3.8, 4) is 17.3 Å². The fraction of sp³-hybridized carbons (Fsp3) is 0.286. The predicted molar refractivity (Wildman–Crippen MR) is 103 cm³/mol. The van der Waals surface area contributed by atoms with Gasteiger partial charge in [0, 0.05) is 37.0 Å². The number of para-hydroxylation sites is 1. The van der Waals surface area contributed by atoms with Gasteiger partial charge in [-0.3, -0.25) is 9.59 Å². The predicted octanol–water partition coefficient (Wildman–Crippen LogP) is 2.98. The number of benzene rings is 2. The quantitative estimate of drug-likeness (QED) is 0.806. The number of anilines is 2. The molecule has 6 nitrogen and oxygen atoms in total. The molecule has 0 radical (unpaired) electrons. The number of carbonyl (C=O) groups excluding carboxylic acids is 2. The van der Waals surface area contributed by atoms with Gasteiger partial charge >= 0.3 is 0 Å². The van der Waals surface area contributed by atoms with E-state index < -0.39 is 5.41 Å². The highest BCUT2D eigenvalue weighted by Gasteiger charge is 2.47. The second-order valence-corrected chi connectivity index (χ2v) is 7.28. The van der Waals surface area contributed by atoms with E-state index in [9.17, 15) is 9.59 Å². The van der Waals surface area contributed by atoms with Gasteiger partial charge in [0.1, 0.15) is 0 Å². The largest absolute Gasteiger partial charge is 0.326 e. The number of nitriles is 1. The van der Waals surface area contributed by atoms with E-state index >= 15 is 0 Å². The van der Waals surface area contributed by atoms with Crippen molar-refractivity contribution in [1.29, 1.82) is 5.26 Å². The zero-order valence-corrected chi connectivity index (χ0v) is 15.1. The first-order chi connectivity index (χ1) is 13.0. The molecule has 1 saturated heterocycles. The first kappa shape index (κ1) is 17.1. The summed E-state index contributed by atoms with van der Waals surface area (Å²) in [6, 6.07) is 13.6. The number of carbonyl (C=O) groups is 2. The van der Waals surface area contributed by atoms with Crippen molar-refractivity contribution in [2.75, 3.05) is 23.7 Å². The van der Waals surface area contributed by atoms with E-state index in [0.717, 1.165) is 28.1 Å². The van der Waals surface area contributed by atoms with E-state index in [1.165, 1.54) is 6.92 Å². The van der Waals surface area contributed by atoms with Crippen molar-refractivity contribution in [1.82, 2.24) is 4.90 Å². The van der Waals surface area contributed by atoms with E-state index in [4.69, 9.17) is 5.26 Å². The summed E-state index contributed by atoms with van der Waals surface area (Å²) in [5.41, 5.74) is 4.02. The third kappa shape index (κ3) is 3.02. The average molecular weight is 360 g/mol. The molecule has 1 atom stereocenters. The Morgan fingerprint density at radius 2 is 2.11 bits per heavy atom. The first-order valence-corrected chi connectivity index (χ1v) is 8.97. The summed E-state index contributed by atoms with van der Waals surface area (Å²) in [5.74, 6) is -0.117. The molecule has 27 heavy (non-hydrogen) atoms. The van der Waals surface area contributed by atoms with Crippen LogP contribution in [0.4, 0.5) is 11.4 Å². The molecule has 136 valence electrons. The lowest BCUT2D eigenvalue weighted by molar-refractivity contribution is -0.125. The van der Waals surface area contributed by atoms with E-state index in [2.05, 4.69) is 22.9 Å². The summed E-state index contributed by atoms with van der Waals surface area (Å²) < 4.78 is 0. The molecular formula is C21H20N4O2. The van der Waals surface area contributed by atoms with Gasteiger partial charge in [-0.25, -0.2) is 0 Å². The van der Waals surface area contributed by atoms with Crippen molar-refractivity contribution in [3.05, 3.63) is 48.0 Å². The van der Waals surface area contributed by atoms with Crippen molar-refractivity contribution >= 4 is 23.2 Å². The molecule has 1 unspecified atom stereocenters. The molecule has 0 aliphatic carbocycles. The lowest BCUT2D eigenvalue weighted by Gasteiger charge is -2.33. The SMILES string of the molecule is CC(=O)Nc1ccccc1-c1ccc2c(c1)CC1(CCN(C#N)C1)C(=O)N2. The fourth-order valence-corrected chi connectivity index (χ4v) is 4.05. The summed E-state index contributed by atoms with van der Waals surface area (Å²) in [6.07, 6.45) is 3.45. The van der Waals surface area contributed by atoms with Crippen LogP contribution in [0, 0.1) is 16.9 Å². The third-order valence-corrected chi connectivity index (χ3v) is 5.41. The second-order valence-electron chi connectivity index (χ2n) is 7.28. The summed E-state index contributed by atoms with van der Waals surface area (Å²) in [6.45, 7) is 2.57. The van der Waals surface area contributed by atoms with Crippen molar-refractivity contribution in [2.45, 2.75) is 19.8 Å². The van der Waals surface area contributed by atoms with E-state index in [0.29, 0.717) is 25.9 Å². The lowest BCUT2D eigenvalue weighted by Crippen LogP contribution is -2.43. The Balaban J connectivity index is 1.71. The lowest BCUT2D eigenvalue weighted by atomic mass is 9.76. The van der Waals surface area contributed by atoms with E-state index in [-0.39, 0.29) is 11.8 Å². The number of likely N-dealkylation sites (tertiary alicyclic amines) is 1. The summed E-state index contributed by atoms with van der Waals surface area (Å²) >= 11 is 0. The van der Waals surface area contributed by atoms with Crippen LogP contribution in [0.5, 0.6) is 0 Å². The Kier molecular flexibility index (Phi) is 4.08. The standard InChI is InChI=1S/C21H20N4O2/c1-14(26)23-19-5-3-2-4-17(19)15-6-7-18-16(10-15)11-21(20(27)24-18)8-9-25(12-21)13-22/h2-7,10H,8-9,11-12H2,1H3,(H,23,26)(H,24,27). The Labute approximate surface area is 157 Å². The molecule has 2 aromatic rings. The Hall–Kier alpha value is -3.33. The third-order valence-electron chi connectivity index (χ3n) is 5.41. The molecule has 2 amide bonds. The minimum Gasteiger partial charge on any atom is -0.326 e. The maximum absolute atomic E-state index is 12.7. The number of fused-ring (bicyclic) bond motifs is 1. The molecule has 2 heterocycles. The van der Waals surface area contributed by atoms with Crippen LogP contribution in [0.25, 0.3) is 11.1 Å². The highest BCUT2D eigenvalue weighted by atomic mass is 16.2. The number of hydrogen-bond donors (Lipinski definition) is 2. The molecule has 0 bridgehead atoms. The van der Waals surface area contributed by atoms with Crippen LogP contribution in [-0.4, -0.2) is 29.8 Å². The minimum atomic E-state index is -0.543. The highest BCUT2D eigenvalue weighted by molar-refractivity contribution is 6.00. The maximum Gasteiger partial charge on any atom is 0.232 e. The number of amides is 2. The molecule has 6 heteroatoms. The Bertz CT molecular complexity index is 978. The van der Waals surface area contributed by atoms with Crippen LogP contribution in [0.15, 0.2) is 42.5 Å². The molecular weight excluding hydrogens is 340 g/mol. The first-order valence-electron chi connectivity index (χ1n) is 8.97. The van der Waals surface area contributed by atoms with Gasteiger partial charge in [-0.15, -0.1) is 0 Å². The van der Waals surface area contributed by atoms with Gasteiger partial charge in [0.15, 0.2) is 6.19 Å².